The zero-order valence-electron chi connectivity index (χ0n) is 10.8. The van der Waals surface area contributed by atoms with Crippen molar-refractivity contribution in [1.29, 1.82) is 5.26 Å². The molecule has 1 aromatic rings. The van der Waals surface area contributed by atoms with Gasteiger partial charge in [-0.25, -0.2) is 0 Å². The lowest BCUT2D eigenvalue weighted by Gasteiger charge is -2.34. The van der Waals surface area contributed by atoms with E-state index in [9.17, 15) is 10.4 Å². The second kappa shape index (κ2) is 5.70. The van der Waals surface area contributed by atoms with Gasteiger partial charge in [-0.2, -0.15) is 5.26 Å². The first-order valence-electron chi connectivity index (χ1n) is 6.00. The molecule has 0 radical (unpaired) electrons. The van der Waals surface area contributed by atoms with Crippen LogP contribution in [0.2, 0.25) is 0 Å². The van der Waals surface area contributed by atoms with Gasteiger partial charge in [-0.1, -0.05) is 26.0 Å². The van der Waals surface area contributed by atoms with E-state index in [0.29, 0.717) is 6.42 Å². The van der Waals surface area contributed by atoms with Gasteiger partial charge in [-0.15, -0.1) is 0 Å². The fraction of sp³-hybridized carbons (Fsp3) is 0.500. The maximum absolute atomic E-state index is 9.44. The SMILES string of the molecule is CCN(CC)C(C)(C#N)Cc1cccc(O)c1. The first-order valence-corrected chi connectivity index (χ1v) is 6.00. The van der Waals surface area contributed by atoms with Crippen molar-refractivity contribution < 1.29 is 5.11 Å². The molecular formula is C14H20N2O. The molecule has 0 heterocycles. The Hall–Kier alpha value is -1.53. The third-order valence-corrected chi connectivity index (χ3v) is 3.16. The Kier molecular flexibility index (Phi) is 4.53. The number of phenolic OH excluding ortho intramolecular Hbond substituents is 1. The van der Waals surface area contributed by atoms with Crippen LogP contribution in [-0.4, -0.2) is 28.6 Å². The van der Waals surface area contributed by atoms with Gasteiger partial charge in [0.15, 0.2) is 0 Å². The van der Waals surface area contributed by atoms with Gasteiger partial charge < -0.3 is 5.11 Å². The molecule has 17 heavy (non-hydrogen) atoms. The Balaban J connectivity index is 2.93. The summed E-state index contributed by atoms with van der Waals surface area (Å²) in [6, 6.07) is 9.51. The van der Waals surface area contributed by atoms with Gasteiger partial charge in [0.05, 0.1) is 6.07 Å². The summed E-state index contributed by atoms with van der Waals surface area (Å²) < 4.78 is 0. The lowest BCUT2D eigenvalue weighted by molar-refractivity contribution is 0.169. The summed E-state index contributed by atoms with van der Waals surface area (Å²) in [6.45, 7) is 7.76. The van der Waals surface area contributed by atoms with E-state index < -0.39 is 5.54 Å². The van der Waals surface area contributed by atoms with E-state index in [1.165, 1.54) is 0 Å². The number of rotatable bonds is 5. The maximum atomic E-state index is 9.44. The zero-order valence-corrected chi connectivity index (χ0v) is 10.8. The Labute approximate surface area is 103 Å². The molecule has 0 amide bonds. The summed E-state index contributed by atoms with van der Waals surface area (Å²) >= 11 is 0. The normalized spacial score (nSPS) is 14.3. The van der Waals surface area contributed by atoms with Crippen molar-refractivity contribution in [3.8, 4) is 11.8 Å². The van der Waals surface area contributed by atoms with Crippen LogP contribution in [0.25, 0.3) is 0 Å². The van der Waals surface area contributed by atoms with Crippen LogP contribution < -0.4 is 0 Å². The van der Waals surface area contributed by atoms with Crippen LogP contribution in [0.4, 0.5) is 0 Å². The summed E-state index contributed by atoms with van der Waals surface area (Å²) in [7, 11) is 0. The molecule has 0 spiro atoms. The Bertz CT molecular complexity index is 407. The van der Waals surface area contributed by atoms with E-state index in [2.05, 4.69) is 24.8 Å². The van der Waals surface area contributed by atoms with E-state index in [1.807, 2.05) is 19.1 Å². The minimum atomic E-state index is -0.517. The summed E-state index contributed by atoms with van der Waals surface area (Å²) in [5, 5.41) is 18.8. The number of hydrogen-bond donors (Lipinski definition) is 1. The molecule has 0 bridgehead atoms. The molecule has 0 aromatic heterocycles. The van der Waals surface area contributed by atoms with Crippen molar-refractivity contribution in [2.24, 2.45) is 0 Å². The van der Waals surface area contributed by atoms with E-state index in [-0.39, 0.29) is 5.75 Å². The van der Waals surface area contributed by atoms with E-state index in [4.69, 9.17) is 0 Å². The molecule has 92 valence electrons. The lowest BCUT2D eigenvalue weighted by atomic mass is 9.92. The molecule has 0 aliphatic rings. The van der Waals surface area contributed by atoms with Crippen LogP contribution in [0.5, 0.6) is 5.75 Å². The standard InChI is InChI=1S/C14H20N2O/c1-4-16(5-2)14(3,11-15)10-12-7-6-8-13(17)9-12/h6-9,17H,4-5,10H2,1-3H3. The zero-order chi connectivity index (χ0) is 12.9. The minimum Gasteiger partial charge on any atom is -0.508 e. The molecule has 0 saturated carbocycles. The van der Waals surface area contributed by atoms with Crippen LogP contribution in [0, 0.1) is 11.3 Å². The van der Waals surface area contributed by atoms with Gasteiger partial charge in [0.2, 0.25) is 0 Å². The van der Waals surface area contributed by atoms with Gasteiger partial charge in [-0.3, -0.25) is 4.90 Å². The average molecular weight is 232 g/mol. The van der Waals surface area contributed by atoms with Crippen LogP contribution in [0.1, 0.15) is 26.3 Å². The molecule has 1 N–H and O–H groups in total. The quantitative estimate of drug-likeness (QED) is 0.848. The second-order valence-corrected chi connectivity index (χ2v) is 4.40. The molecular weight excluding hydrogens is 212 g/mol. The van der Waals surface area contributed by atoms with Crippen LogP contribution in [0.3, 0.4) is 0 Å². The Morgan fingerprint density at radius 2 is 2.00 bits per heavy atom. The van der Waals surface area contributed by atoms with Gasteiger partial charge >= 0.3 is 0 Å². The predicted molar refractivity (Wildman–Crippen MR) is 68.7 cm³/mol. The van der Waals surface area contributed by atoms with Crippen molar-refractivity contribution in [2.75, 3.05) is 13.1 Å². The third kappa shape index (κ3) is 3.21. The summed E-state index contributed by atoms with van der Waals surface area (Å²) in [4.78, 5) is 2.14. The summed E-state index contributed by atoms with van der Waals surface area (Å²) in [6.07, 6.45) is 0.625. The summed E-state index contributed by atoms with van der Waals surface area (Å²) in [5.41, 5.74) is 0.470. The second-order valence-electron chi connectivity index (χ2n) is 4.40. The van der Waals surface area contributed by atoms with Crippen molar-refractivity contribution in [3.05, 3.63) is 29.8 Å². The molecule has 3 heteroatoms. The first kappa shape index (κ1) is 13.5. The number of phenols is 1. The summed E-state index contributed by atoms with van der Waals surface area (Å²) in [5.74, 6) is 0.252. The van der Waals surface area contributed by atoms with E-state index >= 15 is 0 Å². The van der Waals surface area contributed by atoms with Gasteiger partial charge in [0.1, 0.15) is 11.3 Å². The van der Waals surface area contributed by atoms with Crippen molar-refractivity contribution >= 4 is 0 Å². The minimum absolute atomic E-state index is 0.252. The van der Waals surface area contributed by atoms with Crippen LogP contribution >= 0.6 is 0 Å². The largest absolute Gasteiger partial charge is 0.508 e. The fourth-order valence-electron chi connectivity index (χ4n) is 2.21. The average Bonchev–Trinajstić information content (AvgIpc) is 2.30. The molecule has 0 saturated heterocycles. The van der Waals surface area contributed by atoms with Gasteiger partial charge in [0, 0.05) is 6.42 Å². The number of hydrogen-bond acceptors (Lipinski definition) is 3. The van der Waals surface area contributed by atoms with Crippen LogP contribution in [-0.2, 0) is 6.42 Å². The molecule has 0 aliphatic carbocycles. The highest BCUT2D eigenvalue weighted by Gasteiger charge is 2.30. The molecule has 3 nitrogen and oxygen atoms in total. The van der Waals surface area contributed by atoms with Crippen molar-refractivity contribution in [2.45, 2.75) is 32.7 Å². The Morgan fingerprint density at radius 1 is 1.35 bits per heavy atom. The van der Waals surface area contributed by atoms with E-state index in [0.717, 1.165) is 18.7 Å². The third-order valence-electron chi connectivity index (χ3n) is 3.16. The number of aromatic hydroxyl groups is 1. The highest BCUT2D eigenvalue weighted by atomic mass is 16.3. The van der Waals surface area contributed by atoms with Gasteiger partial charge in [-0.05, 0) is 37.7 Å². The molecule has 1 rings (SSSR count). The number of likely N-dealkylation sites (N-methyl/N-ethyl adjacent to an activating group) is 1. The number of nitrogens with zero attached hydrogens (tertiary/aromatic N) is 2. The Morgan fingerprint density at radius 3 is 2.47 bits per heavy atom. The number of nitriles is 1. The highest BCUT2D eigenvalue weighted by molar-refractivity contribution is 5.30. The first-order chi connectivity index (χ1) is 8.05. The van der Waals surface area contributed by atoms with Crippen LogP contribution in [0.15, 0.2) is 24.3 Å². The lowest BCUT2D eigenvalue weighted by Crippen LogP contribution is -2.46. The topological polar surface area (TPSA) is 47.3 Å². The maximum Gasteiger partial charge on any atom is 0.115 e. The highest BCUT2D eigenvalue weighted by Crippen LogP contribution is 2.22. The molecule has 1 unspecified atom stereocenters. The van der Waals surface area contributed by atoms with Crippen molar-refractivity contribution in [3.63, 3.8) is 0 Å². The fourth-order valence-corrected chi connectivity index (χ4v) is 2.21. The monoisotopic (exact) mass is 232 g/mol. The smallest absolute Gasteiger partial charge is 0.115 e. The molecule has 1 aromatic carbocycles. The van der Waals surface area contributed by atoms with E-state index in [1.54, 1.807) is 12.1 Å². The molecule has 0 aliphatic heterocycles. The number of benzene rings is 1. The predicted octanol–water partition coefficient (Wildman–Crippen LogP) is 2.56. The van der Waals surface area contributed by atoms with Gasteiger partial charge in [0.25, 0.3) is 0 Å². The molecule has 1 atom stereocenters. The van der Waals surface area contributed by atoms with Crippen molar-refractivity contribution in [1.82, 2.24) is 4.90 Å². The molecule has 0 fully saturated rings.